The van der Waals surface area contributed by atoms with Crippen molar-refractivity contribution in [2.75, 3.05) is 18.0 Å². The van der Waals surface area contributed by atoms with Gasteiger partial charge in [-0.2, -0.15) is 9.61 Å². The van der Waals surface area contributed by atoms with Crippen LogP contribution in [0.1, 0.15) is 61.2 Å². The zero-order chi connectivity index (χ0) is 16.6. The summed E-state index contributed by atoms with van der Waals surface area (Å²) < 4.78 is 2.02. The summed E-state index contributed by atoms with van der Waals surface area (Å²) in [6, 6.07) is 6.13. The maximum Gasteiger partial charge on any atom is 0.234 e. The maximum absolute atomic E-state index is 4.93. The predicted molar refractivity (Wildman–Crippen MR) is 98.3 cm³/mol. The van der Waals surface area contributed by atoms with E-state index in [1.807, 2.05) is 16.8 Å². The van der Waals surface area contributed by atoms with Gasteiger partial charge in [0.25, 0.3) is 0 Å². The average Bonchev–Trinajstić information content (AvgIpc) is 3.39. The molecule has 1 aliphatic carbocycles. The molecule has 1 aliphatic heterocycles. The molecule has 5 rings (SSSR count). The molecule has 7 heteroatoms. The van der Waals surface area contributed by atoms with Gasteiger partial charge < -0.3 is 4.90 Å². The quantitative estimate of drug-likeness (QED) is 0.719. The number of piperidine rings is 1. The lowest BCUT2D eigenvalue weighted by molar-refractivity contribution is 0.500. The molecule has 0 bridgehead atoms. The first-order chi connectivity index (χ1) is 12.4. The van der Waals surface area contributed by atoms with Crippen LogP contribution >= 0.6 is 11.3 Å². The Labute approximate surface area is 150 Å². The van der Waals surface area contributed by atoms with Crippen LogP contribution in [-0.4, -0.2) is 37.9 Å². The highest BCUT2D eigenvalue weighted by molar-refractivity contribution is 7.16. The monoisotopic (exact) mass is 354 g/mol. The van der Waals surface area contributed by atoms with Crippen molar-refractivity contribution in [1.29, 1.82) is 0 Å². The van der Waals surface area contributed by atoms with Gasteiger partial charge in [0.05, 0.1) is 0 Å². The van der Waals surface area contributed by atoms with E-state index in [9.17, 15) is 0 Å². The number of nitrogens with zero attached hydrogens (tertiary/aromatic N) is 6. The van der Waals surface area contributed by atoms with E-state index in [1.165, 1.54) is 43.5 Å². The number of rotatable bonds is 3. The molecular weight excluding hydrogens is 332 g/mol. The standard InChI is InChI=1S/C18H22N6S/c1-2-7-13(6-1)16-20-21-18-24(16)22-17(25-18)14-8-5-11-23(12-14)15-9-3-4-10-19-15/h3-4,9-10,13-14H,1-2,5-8,11-12H2/t14-/m1/s1. The van der Waals surface area contributed by atoms with E-state index in [1.54, 1.807) is 11.3 Å². The second-order valence-electron chi connectivity index (χ2n) is 7.15. The number of aromatic nitrogens is 5. The summed E-state index contributed by atoms with van der Waals surface area (Å²) in [7, 11) is 0. The summed E-state index contributed by atoms with van der Waals surface area (Å²) in [4.78, 5) is 7.85. The smallest absolute Gasteiger partial charge is 0.234 e. The molecule has 6 nitrogen and oxygen atoms in total. The molecule has 1 saturated carbocycles. The largest absolute Gasteiger partial charge is 0.356 e. The fraction of sp³-hybridized carbons (Fsp3) is 0.556. The first-order valence-corrected chi connectivity index (χ1v) is 10.1. The normalized spacial score (nSPS) is 22.1. The summed E-state index contributed by atoms with van der Waals surface area (Å²) in [6.45, 7) is 2.06. The van der Waals surface area contributed by atoms with Crippen molar-refractivity contribution in [2.24, 2.45) is 0 Å². The molecule has 3 aromatic rings. The molecule has 1 atom stereocenters. The van der Waals surface area contributed by atoms with E-state index in [-0.39, 0.29) is 0 Å². The number of pyridine rings is 1. The molecule has 0 amide bonds. The van der Waals surface area contributed by atoms with Crippen molar-refractivity contribution in [1.82, 2.24) is 24.8 Å². The predicted octanol–water partition coefficient (Wildman–Crippen LogP) is 3.62. The van der Waals surface area contributed by atoms with Crippen molar-refractivity contribution in [3.63, 3.8) is 0 Å². The molecule has 4 heterocycles. The van der Waals surface area contributed by atoms with E-state index in [0.717, 1.165) is 29.7 Å². The van der Waals surface area contributed by atoms with Gasteiger partial charge in [0.2, 0.25) is 4.96 Å². The van der Waals surface area contributed by atoms with Crippen LogP contribution in [0.4, 0.5) is 5.82 Å². The van der Waals surface area contributed by atoms with Crippen LogP contribution < -0.4 is 4.90 Å². The Morgan fingerprint density at radius 3 is 2.72 bits per heavy atom. The highest BCUT2D eigenvalue weighted by atomic mass is 32.1. The van der Waals surface area contributed by atoms with Crippen molar-refractivity contribution < 1.29 is 0 Å². The Balaban J connectivity index is 1.41. The highest BCUT2D eigenvalue weighted by Crippen LogP contribution is 2.36. The molecule has 1 saturated heterocycles. The Morgan fingerprint density at radius 1 is 1.00 bits per heavy atom. The minimum Gasteiger partial charge on any atom is -0.356 e. The topological polar surface area (TPSA) is 59.2 Å². The lowest BCUT2D eigenvalue weighted by Crippen LogP contribution is -2.34. The van der Waals surface area contributed by atoms with Crippen molar-refractivity contribution in [3.05, 3.63) is 35.2 Å². The summed E-state index contributed by atoms with van der Waals surface area (Å²) in [5.74, 6) is 3.15. The fourth-order valence-electron chi connectivity index (χ4n) is 4.18. The fourth-order valence-corrected chi connectivity index (χ4v) is 5.15. The van der Waals surface area contributed by atoms with Crippen LogP contribution in [-0.2, 0) is 0 Å². The summed E-state index contributed by atoms with van der Waals surface area (Å²) in [6.07, 6.45) is 9.30. The molecule has 2 aliphatic rings. The van der Waals surface area contributed by atoms with Crippen LogP contribution in [0.25, 0.3) is 4.96 Å². The number of anilines is 1. The van der Waals surface area contributed by atoms with Crippen LogP contribution in [0.3, 0.4) is 0 Å². The molecule has 2 fully saturated rings. The third-order valence-electron chi connectivity index (χ3n) is 5.49. The number of hydrogen-bond acceptors (Lipinski definition) is 6. The molecule has 0 aromatic carbocycles. The second-order valence-corrected chi connectivity index (χ2v) is 8.13. The van der Waals surface area contributed by atoms with Crippen LogP contribution in [0.2, 0.25) is 0 Å². The van der Waals surface area contributed by atoms with Gasteiger partial charge in [-0.1, -0.05) is 30.2 Å². The van der Waals surface area contributed by atoms with Crippen LogP contribution in [0.15, 0.2) is 24.4 Å². The Morgan fingerprint density at radius 2 is 1.88 bits per heavy atom. The van der Waals surface area contributed by atoms with Gasteiger partial charge >= 0.3 is 0 Å². The van der Waals surface area contributed by atoms with Gasteiger partial charge in [-0.05, 0) is 37.8 Å². The molecular formula is C18H22N6S. The van der Waals surface area contributed by atoms with Gasteiger partial charge in [0.15, 0.2) is 5.82 Å². The van der Waals surface area contributed by atoms with Gasteiger partial charge in [-0.15, -0.1) is 10.2 Å². The van der Waals surface area contributed by atoms with E-state index in [4.69, 9.17) is 5.10 Å². The average molecular weight is 354 g/mol. The number of hydrogen-bond donors (Lipinski definition) is 0. The van der Waals surface area contributed by atoms with E-state index in [2.05, 4.69) is 32.2 Å². The van der Waals surface area contributed by atoms with Gasteiger partial charge in [-0.25, -0.2) is 4.98 Å². The third kappa shape index (κ3) is 2.80. The van der Waals surface area contributed by atoms with Crippen molar-refractivity contribution in [3.8, 4) is 0 Å². The molecule has 0 spiro atoms. The zero-order valence-electron chi connectivity index (χ0n) is 14.2. The first kappa shape index (κ1) is 15.3. The first-order valence-electron chi connectivity index (χ1n) is 9.26. The lowest BCUT2D eigenvalue weighted by atomic mass is 9.99. The Kier molecular flexibility index (Phi) is 3.88. The maximum atomic E-state index is 4.93. The van der Waals surface area contributed by atoms with E-state index >= 15 is 0 Å². The molecule has 3 aromatic heterocycles. The lowest BCUT2D eigenvalue weighted by Gasteiger charge is -2.32. The summed E-state index contributed by atoms with van der Waals surface area (Å²) in [5, 5.41) is 15.0. The highest BCUT2D eigenvalue weighted by Gasteiger charge is 2.28. The van der Waals surface area contributed by atoms with Crippen LogP contribution in [0, 0.1) is 0 Å². The Bertz CT molecular complexity index is 851. The zero-order valence-corrected chi connectivity index (χ0v) is 15.0. The summed E-state index contributed by atoms with van der Waals surface area (Å²) >= 11 is 1.71. The minimum absolute atomic E-state index is 0.457. The van der Waals surface area contributed by atoms with Crippen LogP contribution in [0.5, 0.6) is 0 Å². The molecule has 0 unspecified atom stereocenters. The van der Waals surface area contributed by atoms with Gasteiger partial charge in [0, 0.05) is 31.1 Å². The molecule has 0 N–H and O–H groups in total. The third-order valence-corrected chi connectivity index (χ3v) is 6.56. The SMILES string of the molecule is c1ccc(N2CCC[C@@H](c3nn4c(C5CCCC5)nnc4s3)C2)nc1. The van der Waals surface area contributed by atoms with E-state index < -0.39 is 0 Å². The minimum atomic E-state index is 0.457. The van der Waals surface area contributed by atoms with Gasteiger partial charge in [0.1, 0.15) is 10.8 Å². The van der Waals surface area contributed by atoms with Gasteiger partial charge in [-0.3, -0.25) is 0 Å². The van der Waals surface area contributed by atoms with Crippen molar-refractivity contribution >= 4 is 22.1 Å². The molecule has 0 radical (unpaired) electrons. The van der Waals surface area contributed by atoms with Crippen molar-refractivity contribution in [2.45, 2.75) is 50.4 Å². The van der Waals surface area contributed by atoms with E-state index in [0.29, 0.717) is 11.8 Å². The second kappa shape index (κ2) is 6.37. The Hall–Kier alpha value is -2.02. The molecule has 25 heavy (non-hydrogen) atoms. The molecule has 130 valence electrons. The number of fused-ring (bicyclic) bond motifs is 1. The summed E-state index contributed by atoms with van der Waals surface area (Å²) in [5.41, 5.74) is 0.